The third-order valence-electron chi connectivity index (χ3n) is 3.58. The number of para-hydroxylation sites is 1. The van der Waals surface area contributed by atoms with Crippen molar-refractivity contribution in [3.05, 3.63) is 54.1 Å². The van der Waals surface area contributed by atoms with Crippen LogP contribution in [0, 0.1) is 0 Å². The highest BCUT2D eigenvalue weighted by atomic mass is 32.1. The molecule has 3 rings (SSSR count). The molecule has 0 radical (unpaired) electrons. The number of benzene rings is 2. The molecule has 1 amide bonds. The minimum absolute atomic E-state index is 0.348. The predicted octanol–water partition coefficient (Wildman–Crippen LogP) is 3.45. The Balaban J connectivity index is 1.68. The van der Waals surface area contributed by atoms with Gasteiger partial charge in [0.25, 0.3) is 5.91 Å². The summed E-state index contributed by atoms with van der Waals surface area (Å²) in [4.78, 5) is 28.9. The highest BCUT2D eigenvalue weighted by Crippen LogP contribution is 2.25. The maximum atomic E-state index is 12.4. The zero-order valence-corrected chi connectivity index (χ0v) is 14.4. The van der Waals surface area contributed by atoms with Crippen LogP contribution in [0.2, 0.25) is 0 Å². The molecule has 128 valence electrons. The van der Waals surface area contributed by atoms with Crippen LogP contribution in [0.4, 0.5) is 10.8 Å². The number of carbonyl (C=O) groups is 2. The van der Waals surface area contributed by atoms with Gasteiger partial charge in [-0.2, -0.15) is 0 Å². The number of thiazole rings is 1. The minimum Gasteiger partial charge on any atom is -0.449 e. The van der Waals surface area contributed by atoms with E-state index in [2.05, 4.69) is 10.3 Å². The SMILES string of the molecule is CCC(OC(=O)c1ccc(N)cc1)C(=O)Nc1nc2ccccc2s1. The Morgan fingerprint density at radius 2 is 1.92 bits per heavy atom. The Labute approximate surface area is 148 Å². The van der Waals surface area contributed by atoms with Gasteiger partial charge in [-0.05, 0) is 42.8 Å². The van der Waals surface area contributed by atoms with Gasteiger partial charge in [-0.3, -0.25) is 10.1 Å². The molecule has 3 aromatic rings. The van der Waals surface area contributed by atoms with Crippen LogP contribution in [-0.4, -0.2) is 23.0 Å². The number of aromatic nitrogens is 1. The summed E-state index contributed by atoms with van der Waals surface area (Å²) in [6.07, 6.45) is -0.533. The Hall–Kier alpha value is -2.93. The molecule has 0 spiro atoms. The lowest BCUT2D eigenvalue weighted by molar-refractivity contribution is -0.124. The molecule has 0 saturated heterocycles. The average molecular weight is 355 g/mol. The largest absolute Gasteiger partial charge is 0.449 e. The van der Waals surface area contributed by atoms with Crippen LogP contribution in [-0.2, 0) is 9.53 Å². The second kappa shape index (κ2) is 7.31. The van der Waals surface area contributed by atoms with E-state index in [1.54, 1.807) is 31.2 Å². The Morgan fingerprint density at radius 3 is 2.60 bits per heavy atom. The van der Waals surface area contributed by atoms with Crippen molar-refractivity contribution >= 4 is 44.2 Å². The molecule has 0 aliphatic heterocycles. The van der Waals surface area contributed by atoms with Gasteiger partial charge in [-0.1, -0.05) is 30.4 Å². The van der Waals surface area contributed by atoms with E-state index in [4.69, 9.17) is 10.5 Å². The van der Waals surface area contributed by atoms with Gasteiger partial charge in [-0.15, -0.1) is 0 Å². The van der Waals surface area contributed by atoms with E-state index in [9.17, 15) is 9.59 Å². The predicted molar refractivity (Wildman–Crippen MR) is 98.6 cm³/mol. The van der Waals surface area contributed by atoms with Gasteiger partial charge >= 0.3 is 5.97 Å². The summed E-state index contributed by atoms with van der Waals surface area (Å²) in [6, 6.07) is 14.0. The standard InChI is InChI=1S/C18H17N3O3S/c1-2-14(24-17(23)11-7-9-12(19)10-8-11)16(22)21-18-20-13-5-3-4-6-15(13)25-18/h3-10,14H,2,19H2,1H3,(H,20,21,22). The highest BCUT2D eigenvalue weighted by Gasteiger charge is 2.23. The van der Waals surface area contributed by atoms with Crippen LogP contribution in [0.25, 0.3) is 10.2 Å². The molecule has 1 heterocycles. The molecule has 25 heavy (non-hydrogen) atoms. The monoisotopic (exact) mass is 355 g/mol. The number of carbonyl (C=O) groups excluding carboxylic acids is 2. The lowest BCUT2D eigenvalue weighted by Gasteiger charge is -2.15. The average Bonchev–Trinajstić information content (AvgIpc) is 3.02. The topological polar surface area (TPSA) is 94.3 Å². The number of anilines is 2. The number of nitrogens with zero attached hydrogens (tertiary/aromatic N) is 1. The van der Waals surface area contributed by atoms with Crippen molar-refractivity contribution in [3.8, 4) is 0 Å². The lowest BCUT2D eigenvalue weighted by Crippen LogP contribution is -2.32. The quantitative estimate of drug-likeness (QED) is 0.540. The van der Waals surface area contributed by atoms with E-state index in [0.29, 0.717) is 22.8 Å². The second-order valence-electron chi connectivity index (χ2n) is 5.40. The van der Waals surface area contributed by atoms with Gasteiger partial charge < -0.3 is 10.5 Å². The van der Waals surface area contributed by atoms with E-state index in [1.807, 2.05) is 24.3 Å². The maximum Gasteiger partial charge on any atom is 0.338 e. The molecule has 0 aliphatic carbocycles. The summed E-state index contributed by atoms with van der Waals surface area (Å²) >= 11 is 1.37. The normalized spacial score (nSPS) is 11.9. The fraction of sp³-hybridized carbons (Fsp3) is 0.167. The number of fused-ring (bicyclic) bond motifs is 1. The van der Waals surface area contributed by atoms with Gasteiger partial charge in [0.15, 0.2) is 11.2 Å². The lowest BCUT2D eigenvalue weighted by atomic mass is 10.2. The molecule has 6 nitrogen and oxygen atoms in total. The molecule has 3 N–H and O–H groups in total. The Bertz CT molecular complexity index is 872. The molecule has 7 heteroatoms. The van der Waals surface area contributed by atoms with Crippen molar-refractivity contribution in [2.24, 2.45) is 0 Å². The van der Waals surface area contributed by atoms with Crippen molar-refractivity contribution in [3.63, 3.8) is 0 Å². The van der Waals surface area contributed by atoms with Crippen LogP contribution in [0.15, 0.2) is 48.5 Å². The summed E-state index contributed by atoms with van der Waals surface area (Å²) in [6.45, 7) is 1.78. The number of nitrogen functional groups attached to an aromatic ring is 1. The Kier molecular flexibility index (Phi) is 4.95. The van der Waals surface area contributed by atoms with Gasteiger partial charge in [0.2, 0.25) is 0 Å². The van der Waals surface area contributed by atoms with Gasteiger partial charge in [-0.25, -0.2) is 9.78 Å². The van der Waals surface area contributed by atoms with Crippen molar-refractivity contribution in [1.29, 1.82) is 0 Å². The van der Waals surface area contributed by atoms with Crippen LogP contribution in [0.3, 0.4) is 0 Å². The first kappa shape index (κ1) is 16.9. The molecule has 0 fully saturated rings. The van der Waals surface area contributed by atoms with Crippen molar-refractivity contribution in [2.75, 3.05) is 11.1 Å². The van der Waals surface area contributed by atoms with Gasteiger partial charge in [0, 0.05) is 5.69 Å². The summed E-state index contributed by atoms with van der Waals surface area (Å²) in [5, 5.41) is 3.20. The van der Waals surface area contributed by atoms with E-state index >= 15 is 0 Å². The number of amides is 1. The van der Waals surface area contributed by atoms with Crippen LogP contribution >= 0.6 is 11.3 Å². The van der Waals surface area contributed by atoms with Crippen molar-refractivity contribution in [2.45, 2.75) is 19.4 Å². The van der Waals surface area contributed by atoms with E-state index in [-0.39, 0.29) is 0 Å². The highest BCUT2D eigenvalue weighted by molar-refractivity contribution is 7.22. The minimum atomic E-state index is -0.892. The fourth-order valence-electron chi connectivity index (χ4n) is 2.25. The number of nitrogens with one attached hydrogen (secondary N) is 1. The summed E-state index contributed by atoms with van der Waals surface area (Å²) < 4.78 is 6.30. The summed E-state index contributed by atoms with van der Waals surface area (Å²) in [7, 11) is 0. The number of rotatable bonds is 5. The van der Waals surface area contributed by atoms with Gasteiger partial charge in [0.1, 0.15) is 0 Å². The molecule has 2 aromatic carbocycles. The third kappa shape index (κ3) is 3.95. The number of ether oxygens (including phenoxy) is 1. The van der Waals surface area contributed by atoms with E-state index < -0.39 is 18.0 Å². The van der Waals surface area contributed by atoms with E-state index in [1.165, 1.54) is 11.3 Å². The van der Waals surface area contributed by atoms with Crippen LogP contribution in [0.1, 0.15) is 23.7 Å². The Morgan fingerprint density at radius 1 is 1.20 bits per heavy atom. The zero-order chi connectivity index (χ0) is 17.8. The first-order chi connectivity index (χ1) is 12.1. The van der Waals surface area contributed by atoms with E-state index in [0.717, 1.165) is 10.2 Å². The summed E-state index contributed by atoms with van der Waals surface area (Å²) in [5.41, 5.74) is 7.31. The van der Waals surface area contributed by atoms with Crippen LogP contribution < -0.4 is 11.1 Å². The smallest absolute Gasteiger partial charge is 0.338 e. The first-order valence-corrected chi connectivity index (χ1v) is 8.61. The third-order valence-corrected chi connectivity index (χ3v) is 4.53. The number of nitrogens with two attached hydrogens (primary N) is 1. The molecular weight excluding hydrogens is 338 g/mol. The summed E-state index contributed by atoms with van der Waals surface area (Å²) in [5.74, 6) is -0.961. The first-order valence-electron chi connectivity index (χ1n) is 7.79. The zero-order valence-electron chi connectivity index (χ0n) is 13.6. The number of esters is 1. The molecule has 0 saturated carbocycles. The number of hydrogen-bond donors (Lipinski definition) is 2. The van der Waals surface area contributed by atoms with Crippen molar-refractivity contribution in [1.82, 2.24) is 4.98 Å². The fourth-order valence-corrected chi connectivity index (χ4v) is 3.12. The van der Waals surface area contributed by atoms with Gasteiger partial charge in [0.05, 0.1) is 15.8 Å². The molecule has 0 bridgehead atoms. The molecule has 0 aliphatic rings. The maximum absolute atomic E-state index is 12.4. The molecular formula is C18H17N3O3S. The number of hydrogen-bond acceptors (Lipinski definition) is 6. The molecule has 1 atom stereocenters. The molecule has 1 unspecified atom stereocenters. The van der Waals surface area contributed by atoms with Crippen molar-refractivity contribution < 1.29 is 14.3 Å². The molecule has 1 aromatic heterocycles. The van der Waals surface area contributed by atoms with Crippen LogP contribution in [0.5, 0.6) is 0 Å². The second-order valence-corrected chi connectivity index (χ2v) is 6.43.